The quantitative estimate of drug-likeness (QED) is 0.755. The van der Waals surface area contributed by atoms with Gasteiger partial charge in [0.25, 0.3) is 11.8 Å². The molecule has 0 aliphatic rings. The lowest BCUT2D eigenvalue weighted by molar-refractivity contribution is -0.170. The first-order chi connectivity index (χ1) is 7.56. The largest absolute Gasteiger partial charge is 0.472 e. The van der Waals surface area contributed by atoms with Crippen LogP contribution in [-0.4, -0.2) is 37.1 Å². The van der Waals surface area contributed by atoms with E-state index in [1.807, 2.05) is 0 Å². The average Bonchev–Trinajstić information content (AvgIpc) is 2.80. The van der Waals surface area contributed by atoms with Gasteiger partial charge in [0.05, 0.1) is 18.9 Å². The maximum atomic E-state index is 11.5. The summed E-state index contributed by atoms with van der Waals surface area (Å²) in [5.74, 6) is -0.696. The summed E-state index contributed by atoms with van der Waals surface area (Å²) in [5.41, 5.74) is 0.375. The zero-order chi connectivity index (χ0) is 12.1. The van der Waals surface area contributed by atoms with Crippen molar-refractivity contribution in [3.05, 3.63) is 24.2 Å². The number of hydroxylamine groups is 2. The van der Waals surface area contributed by atoms with Gasteiger partial charge in [0.2, 0.25) is 0 Å². The second kappa shape index (κ2) is 5.32. The Bertz CT molecular complexity index is 361. The Morgan fingerprint density at radius 2 is 2.25 bits per heavy atom. The summed E-state index contributed by atoms with van der Waals surface area (Å²) >= 11 is 0. The molecule has 0 spiro atoms. The highest BCUT2D eigenvalue weighted by Crippen LogP contribution is 2.01. The first-order valence-corrected chi connectivity index (χ1v) is 4.71. The van der Waals surface area contributed by atoms with Gasteiger partial charge in [0.1, 0.15) is 12.3 Å². The SMILES string of the molecule is CON(C)C(=O)C(C)NC(=O)c1ccoc1. The summed E-state index contributed by atoms with van der Waals surface area (Å²) < 4.78 is 4.77. The molecule has 0 bridgehead atoms. The zero-order valence-corrected chi connectivity index (χ0v) is 9.39. The summed E-state index contributed by atoms with van der Waals surface area (Å²) in [6, 6.07) is 0.861. The van der Waals surface area contributed by atoms with E-state index in [4.69, 9.17) is 9.25 Å². The fraction of sp³-hybridized carbons (Fsp3) is 0.400. The Morgan fingerprint density at radius 3 is 2.75 bits per heavy atom. The third-order valence-corrected chi connectivity index (χ3v) is 2.09. The van der Waals surface area contributed by atoms with E-state index in [0.717, 1.165) is 5.06 Å². The highest BCUT2D eigenvalue weighted by molar-refractivity contribution is 5.96. The van der Waals surface area contributed by atoms with E-state index in [1.54, 1.807) is 6.92 Å². The van der Waals surface area contributed by atoms with Gasteiger partial charge in [-0.25, -0.2) is 5.06 Å². The van der Waals surface area contributed by atoms with Gasteiger partial charge in [-0.15, -0.1) is 0 Å². The van der Waals surface area contributed by atoms with Gasteiger partial charge in [-0.1, -0.05) is 0 Å². The van der Waals surface area contributed by atoms with Crippen LogP contribution in [0, 0.1) is 0 Å². The van der Waals surface area contributed by atoms with Crippen molar-refractivity contribution in [2.45, 2.75) is 13.0 Å². The van der Waals surface area contributed by atoms with Crippen molar-refractivity contribution in [3.8, 4) is 0 Å². The van der Waals surface area contributed by atoms with E-state index in [0.29, 0.717) is 5.56 Å². The molecule has 0 saturated carbocycles. The van der Waals surface area contributed by atoms with E-state index in [-0.39, 0.29) is 11.8 Å². The van der Waals surface area contributed by atoms with Crippen LogP contribution in [0.4, 0.5) is 0 Å². The lowest BCUT2D eigenvalue weighted by atomic mass is 10.2. The van der Waals surface area contributed by atoms with Crippen LogP contribution >= 0.6 is 0 Å². The Hall–Kier alpha value is -1.82. The maximum Gasteiger partial charge on any atom is 0.268 e. The molecule has 2 amide bonds. The van der Waals surface area contributed by atoms with Crippen molar-refractivity contribution >= 4 is 11.8 Å². The predicted octanol–water partition coefficient (Wildman–Crippen LogP) is 0.418. The van der Waals surface area contributed by atoms with Crippen molar-refractivity contribution in [2.24, 2.45) is 0 Å². The maximum absolute atomic E-state index is 11.5. The smallest absolute Gasteiger partial charge is 0.268 e. The van der Waals surface area contributed by atoms with Crippen LogP contribution in [0.1, 0.15) is 17.3 Å². The highest BCUT2D eigenvalue weighted by Gasteiger charge is 2.20. The number of hydrogen-bond acceptors (Lipinski definition) is 4. The highest BCUT2D eigenvalue weighted by atomic mass is 16.7. The van der Waals surface area contributed by atoms with Gasteiger partial charge >= 0.3 is 0 Å². The Labute approximate surface area is 93.1 Å². The number of carbonyl (C=O) groups excluding carboxylic acids is 2. The fourth-order valence-electron chi connectivity index (χ4n) is 1.10. The van der Waals surface area contributed by atoms with E-state index in [2.05, 4.69) is 5.32 Å². The summed E-state index contributed by atoms with van der Waals surface area (Å²) in [6.45, 7) is 1.58. The van der Waals surface area contributed by atoms with E-state index in [1.165, 1.54) is 32.8 Å². The minimum atomic E-state index is -0.660. The standard InChI is InChI=1S/C10H14N2O4/c1-7(10(14)12(2)15-3)11-9(13)8-4-5-16-6-8/h4-7H,1-3H3,(H,11,13). The first-order valence-electron chi connectivity index (χ1n) is 4.71. The molecule has 0 aliphatic heterocycles. The summed E-state index contributed by atoms with van der Waals surface area (Å²) in [6.07, 6.45) is 2.70. The number of nitrogens with zero attached hydrogens (tertiary/aromatic N) is 1. The molecule has 1 unspecified atom stereocenters. The fourth-order valence-corrected chi connectivity index (χ4v) is 1.10. The molecule has 0 aromatic carbocycles. The van der Waals surface area contributed by atoms with Crippen LogP contribution in [0.2, 0.25) is 0 Å². The van der Waals surface area contributed by atoms with Crippen molar-refractivity contribution < 1.29 is 18.8 Å². The van der Waals surface area contributed by atoms with Crippen LogP contribution in [0.5, 0.6) is 0 Å². The average molecular weight is 226 g/mol. The number of nitrogens with one attached hydrogen (secondary N) is 1. The molecule has 16 heavy (non-hydrogen) atoms. The number of amides is 2. The Kier molecular flexibility index (Phi) is 4.07. The van der Waals surface area contributed by atoms with Crippen LogP contribution in [0.15, 0.2) is 23.0 Å². The molecule has 1 aromatic rings. The molecular weight excluding hydrogens is 212 g/mol. The van der Waals surface area contributed by atoms with Crippen molar-refractivity contribution in [1.29, 1.82) is 0 Å². The van der Waals surface area contributed by atoms with Crippen LogP contribution in [0.3, 0.4) is 0 Å². The van der Waals surface area contributed by atoms with Gasteiger partial charge in [0, 0.05) is 7.05 Å². The van der Waals surface area contributed by atoms with Gasteiger partial charge < -0.3 is 9.73 Å². The molecule has 1 N–H and O–H groups in total. The molecule has 1 atom stereocenters. The minimum Gasteiger partial charge on any atom is -0.472 e. The predicted molar refractivity (Wildman–Crippen MR) is 55.4 cm³/mol. The molecular formula is C10H14N2O4. The molecule has 0 fully saturated rings. The van der Waals surface area contributed by atoms with Crippen molar-refractivity contribution in [2.75, 3.05) is 14.2 Å². The van der Waals surface area contributed by atoms with Crippen LogP contribution < -0.4 is 5.32 Å². The Morgan fingerprint density at radius 1 is 1.56 bits per heavy atom. The molecule has 1 heterocycles. The normalized spacial score (nSPS) is 11.9. The minimum absolute atomic E-state index is 0.334. The van der Waals surface area contributed by atoms with Gasteiger partial charge in [0.15, 0.2) is 0 Å². The number of rotatable bonds is 4. The monoisotopic (exact) mass is 226 g/mol. The van der Waals surface area contributed by atoms with Gasteiger partial charge in [-0.05, 0) is 13.0 Å². The molecule has 1 aromatic heterocycles. The lowest BCUT2D eigenvalue weighted by Crippen LogP contribution is -2.45. The van der Waals surface area contributed by atoms with Gasteiger partial charge in [-0.3, -0.25) is 14.4 Å². The molecule has 0 aliphatic carbocycles. The number of likely N-dealkylation sites (N-methyl/N-ethyl adjacent to an activating group) is 1. The molecule has 6 heteroatoms. The number of carbonyl (C=O) groups is 2. The van der Waals surface area contributed by atoms with Crippen LogP contribution in [-0.2, 0) is 9.63 Å². The molecule has 1 rings (SSSR count). The van der Waals surface area contributed by atoms with E-state index < -0.39 is 6.04 Å². The second-order valence-electron chi connectivity index (χ2n) is 3.23. The topological polar surface area (TPSA) is 71.8 Å². The number of furan rings is 1. The van der Waals surface area contributed by atoms with Crippen molar-refractivity contribution in [3.63, 3.8) is 0 Å². The number of hydrogen-bond donors (Lipinski definition) is 1. The molecule has 0 saturated heterocycles. The third-order valence-electron chi connectivity index (χ3n) is 2.09. The third kappa shape index (κ3) is 2.83. The van der Waals surface area contributed by atoms with E-state index >= 15 is 0 Å². The second-order valence-corrected chi connectivity index (χ2v) is 3.23. The first kappa shape index (κ1) is 12.3. The lowest BCUT2D eigenvalue weighted by Gasteiger charge is -2.19. The molecule has 88 valence electrons. The summed E-state index contributed by atoms with van der Waals surface area (Å²) in [5, 5.41) is 3.58. The Balaban J connectivity index is 2.55. The molecule has 6 nitrogen and oxygen atoms in total. The van der Waals surface area contributed by atoms with Crippen LogP contribution in [0.25, 0.3) is 0 Å². The summed E-state index contributed by atoms with van der Waals surface area (Å²) in [4.78, 5) is 27.8. The molecule has 0 radical (unpaired) electrons. The zero-order valence-electron chi connectivity index (χ0n) is 9.39. The van der Waals surface area contributed by atoms with Gasteiger partial charge in [-0.2, -0.15) is 0 Å². The van der Waals surface area contributed by atoms with E-state index in [9.17, 15) is 9.59 Å². The summed E-state index contributed by atoms with van der Waals surface area (Å²) in [7, 11) is 2.85. The van der Waals surface area contributed by atoms with Crippen molar-refractivity contribution in [1.82, 2.24) is 10.4 Å².